The number of ether oxygens (including phenoxy) is 3. The van der Waals surface area contributed by atoms with Crippen molar-refractivity contribution in [2.45, 2.75) is 6.92 Å². The van der Waals surface area contributed by atoms with Crippen molar-refractivity contribution in [1.29, 1.82) is 0 Å². The number of fused-ring (bicyclic) bond motifs is 1. The van der Waals surface area contributed by atoms with Crippen molar-refractivity contribution in [1.82, 2.24) is 4.98 Å². The van der Waals surface area contributed by atoms with Gasteiger partial charge in [-0.3, -0.25) is 4.79 Å². The molecule has 3 aromatic carbocycles. The van der Waals surface area contributed by atoms with E-state index in [9.17, 15) is 4.79 Å². The molecular weight excluding hydrogens is 509 g/mol. The van der Waals surface area contributed by atoms with E-state index in [-0.39, 0.29) is 6.61 Å². The largest absolute Gasteiger partial charge is 0.497 e. The van der Waals surface area contributed by atoms with Gasteiger partial charge in [-0.25, -0.2) is 4.98 Å². The molecule has 180 valence electrons. The minimum absolute atomic E-state index is 0.304. The number of hydrazone groups is 1. The van der Waals surface area contributed by atoms with Crippen molar-refractivity contribution >= 4 is 62.0 Å². The molecule has 0 atom stereocenters. The molecule has 35 heavy (non-hydrogen) atoms. The van der Waals surface area contributed by atoms with Crippen LogP contribution in [0.25, 0.3) is 10.2 Å². The van der Waals surface area contributed by atoms with Gasteiger partial charge in [0.15, 0.2) is 6.61 Å². The second-order valence-corrected chi connectivity index (χ2v) is 9.00. The van der Waals surface area contributed by atoms with Crippen LogP contribution in [-0.4, -0.2) is 37.4 Å². The van der Waals surface area contributed by atoms with Gasteiger partial charge in [-0.1, -0.05) is 34.5 Å². The van der Waals surface area contributed by atoms with Crippen LogP contribution in [-0.2, 0) is 4.79 Å². The highest BCUT2D eigenvalue weighted by molar-refractivity contribution is 7.22. The summed E-state index contributed by atoms with van der Waals surface area (Å²) in [6.07, 6.45) is 1.58. The third kappa shape index (κ3) is 6.22. The van der Waals surface area contributed by atoms with Crippen LogP contribution in [0.2, 0.25) is 10.0 Å². The van der Waals surface area contributed by atoms with Crippen LogP contribution >= 0.6 is 34.5 Å². The van der Waals surface area contributed by atoms with Crippen LogP contribution in [0.4, 0.5) is 5.13 Å². The molecule has 0 bridgehead atoms. The lowest BCUT2D eigenvalue weighted by Gasteiger charge is -2.15. The van der Waals surface area contributed by atoms with E-state index < -0.39 is 5.91 Å². The molecule has 7 nitrogen and oxygen atoms in total. The molecule has 0 aliphatic heterocycles. The summed E-state index contributed by atoms with van der Waals surface area (Å²) in [6.45, 7) is 2.20. The normalized spacial score (nSPS) is 11.1. The van der Waals surface area contributed by atoms with E-state index >= 15 is 0 Å². The highest BCUT2D eigenvalue weighted by Gasteiger charge is 2.21. The number of amides is 1. The Morgan fingerprint density at radius 1 is 1.06 bits per heavy atom. The number of methoxy groups -OCH3 is 1. The number of thiazole rings is 1. The summed E-state index contributed by atoms with van der Waals surface area (Å²) in [5.74, 6) is 1.37. The number of carbonyl (C=O) groups excluding carboxylic acids is 1. The number of hydrogen-bond acceptors (Lipinski definition) is 7. The Balaban J connectivity index is 1.61. The van der Waals surface area contributed by atoms with Gasteiger partial charge in [0.05, 0.1) is 35.2 Å². The number of carbonyl (C=O) groups is 1. The second-order valence-electron chi connectivity index (χ2n) is 7.15. The van der Waals surface area contributed by atoms with Gasteiger partial charge in [0.25, 0.3) is 5.91 Å². The fourth-order valence-corrected chi connectivity index (χ4v) is 4.50. The zero-order valence-electron chi connectivity index (χ0n) is 18.9. The van der Waals surface area contributed by atoms with E-state index in [0.717, 1.165) is 21.5 Å². The fraction of sp³-hybridized carbons (Fsp3) is 0.160. The Bertz CT molecular complexity index is 1360. The van der Waals surface area contributed by atoms with Crippen molar-refractivity contribution in [2.24, 2.45) is 5.10 Å². The molecule has 0 N–H and O–H groups in total. The summed E-state index contributed by atoms with van der Waals surface area (Å²) in [6, 6.07) is 17.7. The van der Waals surface area contributed by atoms with E-state index in [1.165, 1.54) is 16.3 Å². The topological polar surface area (TPSA) is 73.2 Å². The molecule has 10 heteroatoms. The maximum absolute atomic E-state index is 13.2. The first-order valence-corrected chi connectivity index (χ1v) is 12.2. The second kappa shape index (κ2) is 11.4. The number of halogens is 2. The van der Waals surface area contributed by atoms with Crippen LogP contribution in [0.3, 0.4) is 0 Å². The maximum Gasteiger partial charge on any atom is 0.287 e. The van der Waals surface area contributed by atoms with E-state index in [1.807, 2.05) is 49.4 Å². The summed E-state index contributed by atoms with van der Waals surface area (Å²) in [5.41, 5.74) is 1.51. The maximum atomic E-state index is 13.2. The Hall–Kier alpha value is -3.33. The molecule has 0 fully saturated rings. The first-order valence-electron chi connectivity index (χ1n) is 10.6. The molecule has 0 saturated heterocycles. The lowest BCUT2D eigenvalue weighted by Crippen LogP contribution is -2.30. The zero-order chi connectivity index (χ0) is 24.8. The third-order valence-electron chi connectivity index (χ3n) is 4.76. The average Bonchev–Trinajstić information content (AvgIpc) is 3.27. The number of benzene rings is 3. The van der Waals surface area contributed by atoms with Gasteiger partial charge in [-0.05, 0) is 73.2 Å². The standard InChI is InChI=1S/C25H21Cl2N3O4S/c1-3-33-18-7-4-16(5-8-18)14-28-30(24(31)15-34-22-11-6-17(26)12-20(22)27)25-29-21-10-9-19(32-2)13-23(21)35-25/h4-14H,3,15H2,1-2H3/b28-14+. The SMILES string of the molecule is CCOc1ccc(/C=N/N(C(=O)COc2ccc(Cl)cc2Cl)c2nc3ccc(OC)cc3s2)cc1. The van der Waals surface area contributed by atoms with Crippen LogP contribution in [0.5, 0.6) is 17.2 Å². The molecule has 0 unspecified atom stereocenters. The van der Waals surface area contributed by atoms with Crippen molar-refractivity contribution in [2.75, 3.05) is 25.3 Å². The lowest BCUT2D eigenvalue weighted by molar-refractivity contribution is -0.120. The highest BCUT2D eigenvalue weighted by Crippen LogP contribution is 2.32. The van der Waals surface area contributed by atoms with Gasteiger partial charge in [0, 0.05) is 5.02 Å². The number of aromatic nitrogens is 1. The van der Waals surface area contributed by atoms with E-state index in [2.05, 4.69) is 10.1 Å². The Labute approximate surface area is 216 Å². The van der Waals surface area contributed by atoms with Crippen LogP contribution in [0, 0.1) is 0 Å². The molecule has 0 aliphatic carbocycles. The van der Waals surface area contributed by atoms with E-state index in [1.54, 1.807) is 31.5 Å². The quantitative estimate of drug-likeness (QED) is 0.184. The minimum Gasteiger partial charge on any atom is -0.497 e. The van der Waals surface area contributed by atoms with Crippen molar-refractivity contribution in [3.05, 3.63) is 76.3 Å². The molecule has 0 saturated carbocycles. The minimum atomic E-state index is -0.427. The Morgan fingerprint density at radius 3 is 2.54 bits per heavy atom. The van der Waals surface area contributed by atoms with Crippen LogP contribution < -0.4 is 19.2 Å². The molecule has 1 aromatic heterocycles. The average molecular weight is 530 g/mol. The fourth-order valence-electron chi connectivity index (χ4n) is 3.06. The summed E-state index contributed by atoms with van der Waals surface area (Å²) < 4.78 is 17.3. The molecule has 4 rings (SSSR count). The van der Waals surface area contributed by atoms with Crippen molar-refractivity contribution < 1.29 is 19.0 Å². The zero-order valence-corrected chi connectivity index (χ0v) is 21.2. The van der Waals surface area contributed by atoms with Crippen LogP contribution in [0.15, 0.2) is 65.8 Å². The van der Waals surface area contributed by atoms with E-state index in [0.29, 0.717) is 33.3 Å². The molecule has 0 spiro atoms. The molecule has 4 aromatic rings. The predicted molar refractivity (Wildman–Crippen MR) is 141 cm³/mol. The summed E-state index contributed by atoms with van der Waals surface area (Å²) >= 11 is 13.4. The number of nitrogens with zero attached hydrogens (tertiary/aromatic N) is 3. The van der Waals surface area contributed by atoms with Gasteiger partial charge < -0.3 is 14.2 Å². The lowest BCUT2D eigenvalue weighted by atomic mass is 10.2. The molecular formula is C25H21Cl2N3O4S. The number of rotatable bonds is 9. The highest BCUT2D eigenvalue weighted by atomic mass is 35.5. The molecule has 1 heterocycles. The first kappa shape index (κ1) is 24.8. The number of hydrogen-bond donors (Lipinski definition) is 0. The Kier molecular flexibility index (Phi) is 8.07. The Morgan fingerprint density at radius 2 is 1.83 bits per heavy atom. The monoisotopic (exact) mass is 529 g/mol. The summed E-state index contributed by atoms with van der Waals surface area (Å²) in [5, 5.41) is 6.82. The predicted octanol–water partition coefficient (Wildman–Crippen LogP) is 6.46. The molecule has 0 radical (unpaired) electrons. The first-order chi connectivity index (χ1) is 17.0. The number of anilines is 1. The van der Waals surface area contributed by atoms with E-state index in [4.69, 9.17) is 37.4 Å². The van der Waals surface area contributed by atoms with Gasteiger partial charge in [0.1, 0.15) is 17.2 Å². The molecule has 0 aliphatic rings. The van der Waals surface area contributed by atoms with Crippen LogP contribution in [0.1, 0.15) is 12.5 Å². The molecule has 1 amide bonds. The van der Waals surface area contributed by atoms with Gasteiger partial charge >= 0.3 is 0 Å². The third-order valence-corrected chi connectivity index (χ3v) is 6.28. The van der Waals surface area contributed by atoms with Gasteiger partial charge in [0.2, 0.25) is 5.13 Å². The van der Waals surface area contributed by atoms with Crippen molar-refractivity contribution in [3.63, 3.8) is 0 Å². The van der Waals surface area contributed by atoms with Crippen molar-refractivity contribution in [3.8, 4) is 17.2 Å². The van der Waals surface area contributed by atoms with Gasteiger partial charge in [-0.2, -0.15) is 10.1 Å². The smallest absolute Gasteiger partial charge is 0.287 e. The summed E-state index contributed by atoms with van der Waals surface area (Å²) in [4.78, 5) is 17.8. The van der Waals surface area contributed by atoms with Gasteiger partial charge in [-0.15, -0.1) is 0 Å². The summed E-state index contributed by atoms with van der Waals surface area (Å²) in [7, 11) is 1.60.